The van der Waals surface area contributed by atoms with E-state index < -0.39 is 0 Å². The highest BCUT2D eigenvalue weighted by Gasteiger charge is 2.24. The van der Waals surface area contributed by atoms with Gasteiger partial charge in [-0.2, -0.15) is 0 Å². The van der Waals surface area contributed by atoms with Crippen molar-refractivity contribution in [3.8, 4) is 0 Å². The van der Waals surface area contributed by atoms with E-state index >= 15 is 0 Å². The zero-order valence-electron chi connectivity index (χ0n) is 17.7. The molecule has 0 unspecified atom stereocenters. The molecule has 1 N–H and O–H groups in total. The van der Waals surface area contributed by atoms with Crippen molar-refractivity contribution in [2.24, 2.45) is 13.0 Å². The van der Waals surface area contributed by atoms with Gasteiger partial charge in [-0.05, 0) is 24.5 Å². The molecule has 0 aliphatic carbocycles. The molecular formula is C23H25ClN4O2S. The summed E-state index contributed by atoms with van der Waals surface area (Å²) in [5.41, 5.74) is 1.09. The molecule has 0 saturated heterocycles. The Morgan fingerprint density at radius 1 is 1.06 bits per heavy atom. The highest BCUT2D eigenvalue weighted by Crippen LogP contribution is 2.25. The van der Waals surface area contributed by atoms with Crippen molar-refractivity contribution >= 4 is 35.1 Å². The van der Waals surface area contributed by atoms with Crippen molar-refractivity contribution < 1.29 is 9.59 Å². The number of halogens is 1. The fourth-order valence-electron chi connectivity index (χ4n) is 3.17. The summed E-state index contributed by atoms with van der Waals surface area (Å²) in [6.07, 6.45) is 0.690. The number of carbonyl (C=O) groups excluding carboxylic acids is 2. The predicted molar refractivity (Wildman–Crippen MR) is 124 cm³/mol. The third kappa shape index (κ3) is 5.95. The normalized spacial score (nSPS) is 12.0. The number of rotatable bonds is 9. The average molecular weight is 457 g/mol. The van der Waals surface area contributed by atoms with Crippen LogP contribution in [0.3, 0.4) is 0 Å². The second-order valence-electron chi connectivity index (χ2n) is 7.61. The fraction of sp³-hybridized carbons (Fsp3) is 0.304. The lowest BCUT2D eigenvalue weighted by atomic mass is 10.0. The van der Waals surface area contributed by atoms with E-state index in [4.69, 9.17) is 11.6 Å². The van der Waals surface area contributed by atoms with E-state index in [0.29, 0.717) is 39.5 Å². The van der Waals surface area contributed by atoms with Gasteiger partial charge in [-0.1, -0.05) is 79.7 Å². The average Bonchev–Trinajstić information content (AvgIpc) is 3.12. The molecule has 1 aromatic heterocycles. The van der Waals surface area contributed by atoms with Crippen LogP contribution in [0.2, 0.25) is 5.02 Å². The zero-order chi connectivity index (χ0) is 22.4. The summed E-state index contributed by atoms with van der Waals surface area (Å²) in [5.74, 6) is 0.998. The molecule has 3 rings (SSSR count). The van der Waals surface area contributed by atoms with E-state index in [9.17, 15) is 9.59 Å². The van der Waals surface area contributed by atoms with Crippen molar-refractivity contribution in [2.45, 2.75) is 31.5 Å². The Hall–Kier alpha value is -2.64. The van der Waals surface area contributed by atoms with E-state index in [0.717, 1.165) is 0 Å². The lowest BCUT2D eigenvalue weighted by Gasteiger charge is -2.20. The number of ketones is 1. The van der Waals surface area contributed by atoms with Crippen molar-refractivity contribution in [1.29, 1.82) is 0 Å². The number of hydrogen-bond acceptors (Lipinski definition) is 5. The van der Waals surface area contributed by atoms with Crippen LogP contribution in [0.25, 0.3) is 0 Å². The maximum absolute atomic E-state index is 12.8. The molecule has 6 nitrogen and oxygen atoms in total. The topological polar surface area (TPSA) is 76.9 Å². The van der Waals surface area contributed by atoms with Gasteiger partial charge in [0.25, 0.3) is 5.91 Å². The summed E-state index contributed by atoms with van der Waals surface area (Å²) in [6, 6.07) is 15.8. The first kappa shape index (κ1) is 23.0. The second kappa shape index (κ2) is 10.6. The van der Waals surface area contributed by atoms with Gasteiger partial charge in [0.2, 0.25) is 0 Å². The first-order valence-corrected chi connectivity index (χ1v) is 11.4. The van der Waals surface area contributed by atoms with E-state index in [1.165, 1.54) is 11.8 Å². The van der Waals surface area contributed by atoms with Gasteiger partial charge in [0, 0.05) is 12.6 Å². The minimum absolute atomic E-state index is 0.0286. The summed E-state index contributed by atoms with van der Waals surface area (Å²) in [7, 11) is 1.85. The largest absolute Gasteiger partial charge is 0.342 e. The summed E-state index contributed by atoms with van der Waals surface area (Å²) in [4.78, 5) is 25.2. The second-order valence-corrected chi connectivity index (χ2v) is 8.96. The van der Waals surface area contributed by atoms with Crippen molar-refractivity contribution in [3.63, 3.8) is 0 Å². The van der Waals surface area contributed by atoms with Crippen LogP contribution in [0.4, 0.5) is 0 Å². The Bertz CT molecular complexity index is 1050. The van der Waals surface area contributed by atoms with Gasteiger partial charge < -0.3 is 9.88 Å². The van der Waals surface area contributed by atoms with Crippen LogP contribution >= 0.6 is 23.4 Å². The smallest absolute Gasteiger partial charge is 0.253 e. The fourth-order valence-corrected chi connectivity index (χ4v) is 4.21. The monoisotopic (exact) mass is 456 g/mol. The van der Waals surface area contributed by atoms with E-state index in [-0.39, 0.29) is 23.5 Å². The van der Waals surface area contributed by atoms with Crippen LogP contribution in [-0.2, 0) is 7.05 Å². The molecule has 2 aromatic carbocycles. The SMILES string of the molecule is CC(C)C[C@H](NC(=O)c1ccccc1Cl)c1nnc(SCC(=O)c2ccccc2)n1C. The molecule has 0 saturated carbocycles. The number of thioether (sulfide) groups is 1. The minimum atomic E-state index is -0.333. The molecular weight excluding hydrogens is 432 g/mol. The minimum Gasteiger partial charge on any atom is -0.342 e. The van der Waals surface area contributed by atoms with E-state index in [1.807, 2.05) is 29.8 Å². The Morgan fingerprint density at radius 3 is 2.42 bits per heavy atom. The summed E-state index contributed by atoms with van der Waals surface area (Å²) < 4.78 is 1.84. The molecule has 0 aliphatic rings. The lowest BCUT2D eigenvalue weighted by Crippen LogP contribution is -2.31. The summed E-state index contributed by atoms with van der Waals surface area (Å²) in [6.45, 7) is 4.17. The van der Waals surface area contributed by atoms with Gasteiger partial charge in [0.15, 0.2) is 16.8 Å². The number of aromatic nitrogens is 3. The summed E-state index contributed by atoms with van der Waals surface area (Å²) in [5, 5.41) is 12.6. The zero-order valence-corrected chi connectivity index (χ0v) is 19.3. The number of hydrogen-bond donors (Lipinski definition) is 1. The molecule has 0 radical (unpaired) electrons. The number of benzene rings is 2. The number of carbonyl (C=O) groups is 2. The van der Waals surface area contributed by atoms with Gasteiger partial charge in [0.1, 0.15) is 0 Å². The Morgan fingerprint density at radius 2 is 1.74 bits per heavy atom. The van der Waals surface area contributed by atoms with Gasteiger partial charge in [0.05, 0.1) is 22.4 Å². The third-order valence-corrected chi connectivity index (χ3v) is 6.09. The first-order valence-electron chi connectivity index (χ1n) is 10.0. The maximum Gasteiger partial charge on any atom is 0.253 e. The highest BCUT2D eigenvalue weighted by molar-refractivity contribution is 7.99. The van der Waals surface area contributed by atoms with Crippen LogP contribution in [0.1, 0.15) is 52.9 Å². The quantitative estimate of drug-likeness (QED) is 0.363. The van der Waals surface area contributed by atoms with Gasteiger partial charge in [-0.25, -0.2) is 0 Å². The van der Waals surface area contributed by atoms with Gasteiger partial charge in [-0.15, -0.1) is 10.2 Å². The van der Waals surface area contributed by atoms with Crippen molar-refractivity contribution in [3.05, 3.63) is 76.6 Å². The Labute approximate surface area is 191 Å². The molecule has 31 heavy (non-hydrogen) atoms. The van der Waals surface area contributed by atoms with Crippen molar-refractivity contribution in [1.82, 2.24) is 20.1 Å². The van der Waals surface area contributed by atoms with E-state index in [1.54, 1.807) is 36.4 Å². The van der Waals surface area contributed by atoms with Crippen LogP contribution in [0, 0.1) is 5.92 Å². The van der Waals surface area contributed by atoms with Crippen LogP contribution in [0.5, 0.6) is 0 Å². The van der Waals surface area contributed by atoms with Crippen molar-refractivity contribution in [2.75, 3.05) is 5.75 Å². The predicted octanol–water partition coefficient (Wildman–Crippen LogP) is 4.96. The standard InChI is InChI=1S/C23H25ClN4O2S/c1-15(2)13-19(25-22(30)17-11-7-8-12-18(17)24)21-26-27-23(28(21)3)31-14-20(29)16-9-5-4-6-10-16/h4-12,15,19H,13-14H2,1-3H3,(H,25,30)/t19-/m0/s1. The van der Waals surface area contributed by atoms with Crippen LogP contribution in [0.15, 0.2) is 59.8 Å². The number of nitrogens with one attached hydrogen (secondary N) is 1. The number of Topliss-reactive ketones (excluding diaryl/α,β-unsaturated/α-hetero) is 1. The number of nitrogens with zero attached hydrogens (tertiary/aromatic N) is 3. The molecule has 0 bridgehead atoms. The van der Waals surface area contributed by atoms with E-state index in [2.05, 4.69) is 29.4 Å². The lowest BCUT2D eigenvalue weighted by molar-refractivity contribution is 0.0928. The van der Waals surface area contributed by atoms with Crippen LogP contribution in [-0.4, -0.2) is 32.2 Å². The molecule has 1 atom stereocenters. The molecule has 1 heterocycles. The molecule has 0 fully saturated rings. The summed E-state index contributed by atoms with van der Waals surface area (Å²) >= 11 is 7.51. The highest BCUT2D eigenvalue weighted by atomic mass is 35.5. The molecule has 162 valence electrons. The third-order valence-electron chi connectivity index (χ3n) is 4.74. The van der Waals surface area contributed by atoms with Gasteiger partial charge >= 0.3 is 0 Å². The molecule has 0 aliphatic heterocycles. The maximum atomic E-state index is 12.8. The Balaban J connectivity index is 1.75. The molecule has 1 amide bonds. The number of amides is 1. The molecule has 8 heteroatoms. The van der Waals surface area contributed by atoms with Crippen LogP contribution < -0.4 is 5.32 Å². The Kier molecular flexibility index (Phi) is 7.87. The van der Waals surface area contributed by atoms with Gasteiger partial charge in [-0.3, -0.25) is 9.59 Å². The molecule has 0 spiro atoms. The molecule has 3 aromatic rings. The first-order chi connectivity index (χ1) is 14.9.